The molecule has 1 heterocycles. The number of ether oxygens (including phenoxy) is 1. The smallest absolute Gasteiger partial charge is 0.334 e. The number of likely N-dealkylation sites (tertiary alicyclic amines) is 1. The number of rotatable bonds is 4. The predicted octanol–water partition coefficient (Wildman–Crippen LogP) is 2.78. The number of halogens is 2. The van der Waals surface area contributed by atoms with Crippen molar-refractivity contribution in [3.05, 3.63) is 39.9 Å². The Kier molecular flexibility index (Phi) is 6.66. The summed E-state index contributed by atoms with van der Waals surface area (Å²) >= 11 is 11.8. The number of benzene rings is 1. The number of esters is 1. The van der Waals surface area contributed by atoms with Gasteiger partial charge in [-0.05, 0) is 42.5 Å². The molecule has 1 saturated heterocycles. The van der Waals surface area contributed by atoms with Crippen LogP contribution in [0.3, 0.4) is 0 Å². The normalized spacial score (nSPS) is 17.1. The minimum Gasteiger partial charge on any atom is -0.467 e. The third-order valence-electron chi connectivity index (χ3n) is 4.10. The first-order valence-corrected chi connectivity index (χ1v) is 8.36. The molecule has 1 fully saturated rings. The zero-order chi connectivity index (χ0) is 17.7. The maximum absolute atomic E-state index is 12.2. The number of nitrogens with zero attached hydrogens (tertiary/aromatic N) is 1. The summed E-state index contributed by atoms with van der Waals surface area (Å²) in [6, 6.07) is 5.14. The van der Waals surface area contributed by atoms with Gasteiger partial charge < -0.3 is 14.7 Å². The van der Waals surface area contributed by atoms with Crippen molar-refractivity contribution in [1.29, 1.82) is 0 Å². The number of carbonyl (C=O) groups excluding carboxylic acids is 2. The van der Waals surface area contributed by atoms with Gasteiger partial charge in [0.15, 0.2) is 6.10 Å². The Morgan fingerprint density at radius 2 is 1.96 bits per heavy atom. The quantitative estimate of drug-likeness (QED) is 0.652. The third-order valence-corrected chi connectivity index (χ3v) is 4.84. The van der Waals surface area contributed by atoms with Gasteiger partial charge in [-0.3, -0.25) is 4.79 Å². The highest BCUT2D eigenvalue weighted by Gasteiger charge is 2.31. The average Bonchev–Trinajstić information content (AvgIpc) is 2.61. The van der Waals surface area contributed by atoms with Crippen LogP contribution in [-0.4, -0.2) is 48.2 Å². The van der Waals surface area contributed by atoms with Gasteiger partial charge in [-0.25, -0.2) is 4.79 Å². The lowest BCUT2D eigenvalue weighted by molar-refractivity contribution is -0.154. The third kappa shape index (κ3) is 4.72. The molecule has 0 saturated carbocycles. The van der Waals surface area contributed by atoms with Crippen LogP contribution in [-0.2, 0) is 14.3 Å². The first kappa shape index (κ1) is 18.8. The van der Waals surface area contributed by atoms with E-state index in [9.17, 15) is 14.7 Å². The molecule has 1 aliphatic rings. The van der Waals surface area contributed by atoms with Gasteiger partial charge in [0.2, 0.25) is 5.91 Å². The topological polar surface area (TPSA) is 66.8 Å². The van der Waals surface area contributed by atoms with Gasteiger partial charge in [-0.2, -0.15) is 0 Å². The molecule has 1 amide bonds. The van der Waals surface area contributed by atoms with Gasteiger partial charge in [0, 0.05) is 19.2 Å². The molecular formula is C17H19Cl2NO4. The van der Waals surface area contributed by atoms with Gasteiger partial charge >= 0.3 is 5.97 Å². The van der Waals surface area contributed by atoms with Crippen LogP contribution in [0.25, 0.3) is 6.08 Å². The summed E-state index contributed by atoms with van der Waals surface area (Å²) in [7, 11) is 1.25. The molecule has 1 N–H and O–H groups in total. The number of amides is 1. The summed E-state index contributed by atoms with van der Waals surface area (Å²) in [5, 5.41) is 10.8. The zero-order valence-corrected chi connectivity index (χ0v) is 14.8. The molecule has 0 spiro atoms. The molecule has 1 aromatic rings. The Morgan fingerprint density at radius 1 is 1.29 bits per heavy atom. The fourth-order valence-electron chi connectivity index (χ4n) is 2.64. The van der Waals surface area contributed by atoms with Crippen LogP contribution >= 0.6 is 23.2 Å². The maximum Gasteiger partial charge on any atom is 0.334 e. The second kappa shape index (κ2) is 8.51. The summed E-state index contributed by atoms with van der Waals surface area (Å²) in [5.74, 6) is -0.924. The van der Waals surface area contributed by atoms with Crippen molar-refractivity contribution < 1.29 is 19.4 Å². The van der Waals surface area contributed by atoms with E-state index in [-0.39, 0.29) is 11.8 Å². The molecule has 1 aliphatic heterocycles. The van der Waals surface area contributed by atoms with Crippen LogP contribution in [0.1, 0.15) is 18.4 Å². The number of aliphatic hydroxyl groups excluding tert-OH is 1. The molecule has 0 bridgehead atoms. The van der Waals surface area contributed by atoms with E-state index in [2.05, 4.69) is 4.74 Å². The maximum atomic E-state index is 12.2. The van der Waals surface area contributed by atoms with Gasteiger partial charge in [0.25, 0.3) is 0 Å². The summed E-state index contributed by atoms with van der Waals surface area (Å²) in [5.41, 5.74) is 0.786. The van der Waals surface area contributed by atoms with Crippen molar-refractivity contribution in [2.75, 3.05) is 20.2 Å². The highest BCUT2D eigenvalue weighted by molar-refractivity contribution is 6.42. The Balaban J connectivity index is 1.89. The number of carbonyl (C=O) groups is 2. The Bertz CT molecular complexity index is 639. The summed E-state index contributed by atoms with van der Waals surface area (Å²) in [4.78, 5) is 25.3. The zero-order valence-electron chi connectivity index (χ0n) is 13.2. The van der Waals surface area contributed by atoms with Crippen molar-refractivity contribution in [2.45, 2.75) is 18.9 Å². The molecular weight excluding hydrogens is 353 g/mol. The van der Waals surface area contributed by atoms with E-state index < -0.39 is 12.1 Å². The number of piperidine rings is 1. The monoisotopic (exact) mass is 371 g/mol. The number of hydrogen-bond acceptors (Lipinski definition) is 4. The Labute approximate surface area is 150 Å². The van der Waals surface area contributed by atoms with Crippen molar-refractivity contribution in [1.82, 2.24) is 4.90 Å². The molecule has 1 aromatic carbocycles. The van der Waals surface area contributed by atoms with Gasteiger partial charge in [-0.1, -0.05) is 29.3 Å². The van der Waals surface area contributed by atoms with Crippen LogP contribution in [0.4, 0.5) is 0 Å². The van der Waals surface area contributed by atoms with Crippen molar-refractivity contribution in [2.24, 2.45) is 5.92 Å². The first-order chi connectivity index (χ1) is 11.4. The Hall–Kier alpha value is -1.56. The molecule has 0 aromatic heterocycles. The predicted molar refractivity (Wildman–Crippen MR) is 92.8 cm³/mol. The van der Waals surface area contributed by atoms with Crippen molar-refractivity contribution >= 4 is 41.2 Å². The molecule has 7 heteroatoms. The van der Waals surface area contributed by atoms with Crippen LogP contribution in [0.2, 0.25) is 10.0 Å². The lowest BCUT2D eigenvalue weighted by Crippen LogP contribution is -2.42. The largest absolute Gasteiger partial charge is 0.467 e. The second-order valence-corrected chi connectivity index (χ2v) is 6.45. The number of hydrogen-bond donors (Lipinski definition) is 1. The van der Waals surface area contributed by atoms with Gasteiger partial charge in [-0.15, -0.1) is 0 Å². The summed E-state index contributed by atoms with van der Waals surface area (Å²) in [6.07, 6.45) is 3.15. The van der Waals surface area contributed by atoms with E-state index in [0.717, 1.165) is 5.56 Å². The molecule has 0 radical (unpaired) electrons. The fraction of sp³-hybridized carbons (Fsp3) is 0.412. The van der Waals surface area contributed by atoms with Crippen LogP contribution in [0.5, 0.6) is 0 Å². The van der Waals surface area contributed by atoms with E-state index >= 15 is 0 Å². The highest BCUT2D eigenvalue weighted by atomic mass is 35.5. The van der Waals surface area contributed by atoms with E-state index in [1.54, 1.807) is 29.2 Å². The second-order valence-electron chi connectivity index (χ2n) is 5.64. The highest BCUT2D eigenvalue weighted by Crippen LogP contribution is 2.24. The van der Waals surface area contributed by atoms with Crippen LogP contribution in [0.15, 0.2) is 24.3 Å². The van der Waals surface area contributed by atoms with E-state index in [0.29, 0.717) is 36.0 Å². The van der Waals surface area contributed by atoms with E-state index in [1.165, 1.54) is 13.2 Å². The van der Waals surface area contributed by atoms with Gasteiger partial charge in [0.05, 0.1) is 17.2 Å². The van der Waals surface area contributed by atoms with Crippen molar-refractivity contribution in [3.63, 3.8) is 0 Å². The molecule has 5 nitrogen and oxygen atoms in total. The molecule has 1 unspecified atom stereocenters. The minimum atomic E-state index is -1.13. The standard InChI is InChI=1S/C17H19Cl2NO4/c1-24-17(23)16(22)12-6-8-20(9-7-12)15(21)5-3-11-2-4-13(18)14(19)10-11/h2-5,10,12,16,22H,6-9H2,1H3. The minimum absolute atomic E-state index is 0.118. The SMILES string of the molecule is COC(=O)C(O)C1CCN(C(=O)C=Cc2ccc(Cl)c(Cl)c2)CC1. The van der Waals surface area contributed by atoms with Crippen molar-refractivity contribution in [3.8, 4) is 0 Å². The average molecular weight is 372 g/mol. The summed E-state index contributed by atoms with van der Waals surface area (Å²) < 4.78 is 4.54. The fourth-order valence-corrected chi connectivity index (χ4v) is 2.94. The molecule has 130 valence electrons. The molecule has 1 atom stereocenters. The molecule has 2 rings (SSSR count). The Morgan fingerprint density at radius 3 is 2.54 bits per heavy atom. The van der Waals surface area contributed by atoms with Crippen LogP contribution < -0.4 is 0 Å². The number of methoxy groups -OCH3 is 1. The lowest BCUT2D eigenvalue weighted by Gasteiger charge is -2.32. The number of aliphatic hydroxyl groups is 1. The summed E-state index contributed by atoms with van der Waals surface area (Å²) in [6.45, 7) is 0.979. The molecule has 24 heavy (non-hydrogen) atoms. The first-order valence-electron chi connectivity index (χ1n) is 7.60. The van der Waals surface area contributed by atoms with Crippen LogP contribution in [0, 0.1) is 5.92 Å². The van der Waals surface area contributed by atoms with Gasteiger partial charge in [0.1, 0.15) is 0 Å². The molecule has 0 aliphatic carbocycles. The van der Waals surface area contributed by atoms with E-state index in [1.807, 2.05) is 0 Å². The lowest BCUT2D eigenvalue weighted by atomic mass is 9.91. The van der Waals surface area contributed by atoms with E-state index in [4.69, 9.17) is 23.2 Å².